The molecule has 6 nitrogen and oxygen atoms in total. The van der Waals surface area contributed by atoms with Crippen molar-refractivity contribution in [1.82, 2.24) is 4.98 Å². The number of carbonyl (C=O) groups excluding carboxylic acids is 1. The van der Waals surface area contributed by atoms with Gasteiger partial charge in [0.1, 0.15) is 5.78 Å². The van der Waals surface area contributed by atoms with Crippen LogP contribution in [0.2, 0.25) is 0 Å². The molecule has 0 N–H and O–H groups in total. The van der Waals surface area contributed by atoms with E-state index in [2.05, 4.69) is 0 Å². The third-order valence-corrected chi connectivity index (χ3v) is 6.25. The Hall–Kier alpha value is -2.37. The van der Waals surface area contributed by atoms with Crippen LogP contribution in [0.25, 0.3) is 22.0 Å². The quantitative estimate of drug-likeness (QED) is 0.285. The molecule has 0 radical (unpaired) electrons. The van der Waals surface area contributed by atoms with Crippen LogP contribution in [0.1, 0.15) is 44.4 Å². The number of hydrogen-bond donors (Lipinski definition) is 0. The number of rotatable bonds is 11. The Morgan fingerprint density at radius 2 is 1.75 bits per heavy atom. The van der Waals surface area contributed by atoms with Crippen molar-refractivity contribution in [3.8, 4) is 11.1 Å². The van der Waals surface area contributed by atoms with Crippen LogP contribution in [0.15, 0.2) is 54.6 Å². The zero-order valence-electron chi connectivity index (χ0n) is 18.7. The Kier molecular flexibility index (Phi) is 8.32. The molecule has 0 aliphatic heterocycles. The lowest BCUT2D eigenvalue weighted by molar-refractivity contribution is -0.228. The van der Waals surface area contributed by atoms with E-state index < -0.39 is 13.9 Å². The fraction of sp³-hybridized carbons (Fsp3) is 0.360. The predicted octanol–water partition coefficient (Wildman–Crippen LogP) is 5.40. The van der Waals surface area contributed by atoms with Crippen molar-refractivity contribution in [2.45, 2.75) is 52.6 Å². The average molecular weight is 454 g/mol. The smallest absolute Gasteiger partial charge is 0.268 e. The lowest BCUT2D eigenvalue weighted by atomic mass is 9.91. The largest absolute Gasteiger partial charge is 0.756 e. The predicted molar refractivity (Wildman–Crippen MR) is 124 cm³/mol. The number of pyridine rings is 1. The summed E-state index contributed by atoms with van der Waals surface area (Å²) >= 11 is 0. The minimum Gasteiger partial charge on any atom is -0.756 e. The Morgan fingerprint density at radius 3 is 2.47 bits per heavy atom. The molecule has 0 bridgehead atoms. The second-order valence-electron chi connectivity index (χ2n) is 8.04. The van der Waals surface area contributed by atoms with E-state index in [9.17, 15) is 14.3 Å². The summed E-state index contributed by atoms with van der Waals surface area (Å²) in [4.78, 5) is 29.1. The molecule has 0 saturated heterocycles. The van der Waals surface area contributed by atoms with Crippen molar-refractivity contribution in [2.24, 2.45) is 0 Å². The number of ketones is 1. The van der Waals surface area contributed by atoms with E-state index in [1.165, 1.54) is 0 Å². The summed E-state index contributed by atoms with van der Waals surface area (Å²) in [6.07, 6.45) is 1.17. The van der Waals surface area contributed by atoms with Crippen LogP contribution in [0.5, 0.6) is 0 Å². The van der Waals surface area contributed by atoms with Crippen molar-refractivity contribution in [3.63, 3.8) is 0 Å². The molecule has 0 spiro atoms. The van der Waals surface area contributed by atoms with Gasteiger partial charge in [0.2, 0.25) is 0 Å². The number of phosphoric acid groups is 1. The Balaban J connectivity index is 1.69. The maximum atomic E-state index is 12.8. The van der Waals surface area contributed by atoms with E-state index >= 15 is 0 Å². The van der Waals surface area contributed by atoms with Gasteiger partial charge in [0.15, 0.2) is 0 Å². The summed E-state index contributed by atoms with van der Waals surface area (Å²) in [5, 5.41) is 1.02. The van der Waals surface area contributed by atoms with Gasteiger partial charge in [-0.05, 0) is 56.4 Å². The second-order valence-corrected chi connectivity index (χ2v) is 9.40. The van der Waals surface area contributed by atoms with Crippen LogP contribution < -0.4 is 4.89 Å². The van der Waals surface area contributed by atoms with Crippen LogP contribution in [0, 0.1) is 6.92 Å². The molecule has 0 aliphatic rings. The summed E-state index contributed by atoms with van der Waals surface area (Å²) in [5.74, 6) is 0.0890. The molecule has 1 atom stereocenters. The third kappa shape index (κ3) is 6.57. The number of carbonyl (C=O) groups is 1. The van der Waals surface area contributed by atoms with E-state index in [-0.39, 0.29) is 18.8 Å². The Bertz CT molecular complexity index is 1110. The first-order chi connectivity index (χ1) is 15.3. The molecule has 0 aliphatic carbocycles. The molecule has 1 heterocycles. The molecule has 1 aromatic heterocycles. The van der Waals surface area contributed by atoms with Gasteiger partial charge < -0.3 is 13.9 Å². The molecule has 1 unspecified atom stereocenters. The summed E-state index contributed by atoms with van der Waals surface area (Å²) in [5.41, 5.74) is 4.79. The molecule has 7 heteroatoms. The number of aromatic nitrogens is 1. The first-order valence-corrected chi connectivity index (χ1v) is 12.3. The molecule has 2 aromatic carbocycles. The van der Waals surface area contributed by atoms with Gasteiger partial charge in [-0.25, -0.2) is 0 Å². The van der Waals surface area contributed by atoms with Gasteiger partial charge in [-0.1, -0.05) is 48.5 Å². The van der Waals surface area contributed by atoms with Gasteiger partial charge in [0.05, 0.1) is 18.2 Å². The molecule has 3 aromatic rings. The van der Waals surface area contributed by atoms with Crippen LogP contribution in [-0.4, -0.2) is 23.5 Å². The molecular weight excluding hydrogens is 425 g/mol. The van der Waals surface area contributed by atoms with Gasteiger partial charge in [-0.15, -0.1) is 0 Å². The maximum Gasteiger partial charge on any atom is 0.268 e. The first-order valence-electron chi connectivity index (χ1n) is 10.9. The van der Waals surface area contributed by atoms with E-state index in [4.69, 9.17) is 14.0 Å². The zero-order valence-corrected chi connectivity index (χ0v) is 19.6. The highest BCUT2D eigenvalue weighted by Crippen LogP contribution is 2.39. The number of benzene rings is 2. The highest BCUT2D eigenvalue weighted by Gasteiger charge is 2.17. The SMILES string of the molecule is Cc1nc2ccccc2c(-c2ccccc2)c1CC(=O)CCCCOP(=O)([O-])OC(C)C. The van der Waals surface area contributed by atoms with Crippen molar-refractivity contribution >= 4 is 24.5 Å². The van der Waals surface area contributed by atoms with Gasteiger partial charge in [-0.2, -0.15) is 0 Å². The monoisotopic (exact) mass is 454 g/mol. The number of aryl methyl sites for hydroxylation is 1. The number of fused-ring (bicyclic) bond motifs is 1. The number of unbranched alkanes of at least 4 members (excludes halogenated alkanes) is 1. The van der Waals surface area contributed by atoms with Crippen molar-refractivity contribution in [1.29, 1.82) is 0 Å². The van der Waals surface area contributed by atoms with E-state index in [0.29, 0.717) is 19.3 Å². The number of para-hydroxylation sites is 1. The second kappa shape index (κ2) is 11.0. The Morgan fingerprint density at radius 1 is 1.06 bits per heavy atom. The fourth-order valence-electron chi connectivity index (χ4n) is 3.70. The fourth-order valence-corrected chi connectivity index (χ4v) is 4.63. The van der Waals surface area contributed by atoms with Crippen LogP contribution in [-0.2, 0) is 24.8 Å². The third-order valence-electron chi connectivity index (χ3n) is 5.08. The van der Waals surface area contributed by atoms with Gasteiger partial charge in [0.25, 0.3) is 7.82 Å². The lowest BCUT2D eigenvalue weighted by Gasteiger charge is -2.24. The highest BCUT2D eigenvalue weighted by atomic mass is 31.2. The van der Waals surface area contributed by atoms with E-state index in [1.54, 1.807) is 13.8 Å². The number of hydrogen-bond acceptors (Lipinski definition) is 6. The standard InChI is InChI=1S/C25H30NO5P/c1-18(2)31-32(28,29)30-16-10-9-13-21(27)17-23-19(3)26-24-15-8-7-14-22(24)25(23)20-11-5-4-6-12-20/h4-8,11-12,14-15,18H,9-10,13,16-17H2,1-3H3,(H,28,29)/p-1. The molecule has 32 heavy (non-hydrogen) atoms. The molecule has 0 fully saturated rings. The van der Waals surface area contributed by atoms with Crippen molar-refractivity contribution < 1.29 is 23.3 Å². The van der Waals surface area contributed by atoms with Gasteiger partial charge >= 0.3 is 0 Å². The molecule has 170 valence electrons. The van der Waals surface area contributed by atoms with E-state index in [1.807, 2.05) is 61.5 Å². The average Bonchev–Trinajstić information content (AvgIpc) is 2.73. The number of phosphoric ester groups is 1. The summed E-state index contributed by atoms with van der Waals surface area (Å²) < 4.78 is 21.2. The van der Waals surface area contributed by atoms with Gasteiger partial charge in [0, 0.05) is 23.9 Å². The van der Waals surface area contributed by atoms with Crippen LogP contribution in [0.3, 0.4) is 0 Å². The summed E-state index contributed by atoms with van der Waals surface area (Å²) in [7, 11) is -4.28. The lowest BCUT2D eigenvalue weighted by Crippen LogP contribution is -2.13. The summed E-state index contributed by atoms with van der Waals surface area (Å²) in [6, 6.07) is 18.0. The van der Waals surface area contributed by atoms with Crippen molar-refractivity contribution in [3.05, 3.63) is 65.9 Å². The zero-order chi connectivity index (χ0) is 23.1. The number of nitrogens with zero attached hydrogens (tertiary/aromatic N) is 1. The minimum absolute atomic E-state index is 0.00655. The topological polar surface area (TPSA) is 88.5 Å². The van der Waals surface area contributed by atoms with Crippen LogP contribution in [0.4, 0.5) is 0 Å². The first kappa shape index (κ1) is 24.3. The molecule has 0 amide bonds. The highest BCUT2D eigenvalue weighted by molar-refractivity contribution is 7.45. The van der Waals surface area contributed by atoms with Gasteiger partial charge in [-0.3, -0.25) is 14.3 Å². The molecular formula is C25H29NO5P-. The maximum absolute atomic E-state index is 12.8. The Labute approximate surface area is 189 Å². The van der Waals surface area contributed by atoms with Crippen molar-refractivity contribution in [2.75, 3.05) is 6.61 Å². The summed E-state index contributed by atoms with van der Waals surface area (Å²) in [6.45, 7) is 5.20. The van der Waals surface area contributed by atoms with Crippen LogP contribution >= 0.6 is 7.82 Å². The molecule has 0 saturated carbocycles. The molecule has 3 rings (SSSR count). The minimum atomic E-state index is -4.28. The van der Waals surface area contributed by atoms with E-state index in [0.717, 1.165) is 33.3 Å². The number of Topliss-reactive ketones (excluding diaryl/α,β-unsaturated/α-hetero) is 1. The normalized spacial score (nSPS) is 13.4.